The summed E-state index contributed by atoms with van der Waals surface area (Å²) in [5.74, 6) is 0.311. The SMILES string of the molecule is O=C1OCCN1CCCC(=O)N(C1CCCC1)C1CCCC1. The van der Waals surface area contributed by atoms with Gasteiger partial charge in [0.2, 0.25) is 5.91 Å². The lowest BCUT2D eigenvalue weighted by molar-refractivity contribution is -0.136. The van der Waals surface area contributed by atoms with E-state index >= 15 is 0 Å². The molecule has 2 amide bonds. The molecule has 2 aliphatic carbocycles. The van der Waals surface area contributed by atoms with E-state index in [9.17, 15) is 9.59 Å². The lowest BCUT2D eigenvalue weighted by atomic mass is 10.1. The number of hydrogen-bond acceptors (Lipinski definition) is 3. The van der Waals surface area contributed by atoms with E-state index < -0.39 is 0 Å². The maximum absolute atomic E-state index is 12.8. The van der Waals surface area contributed by atoms with Crippen molar-refractivity contribution in [3.8, 4) is 0 Å². The van der Waals surface area contributed by atoms with Crippen molar-refractivity contribution in [3.05, 3.63) is 0 Å². The molecule has 0 unspecified atom stereocenters. The summed E-state index contributed by atoms with van der Waals surface area (Å²) in [6.07, 6.45) is 10.9. The Hall–Kier alpha value is -1.26. The van der Waals surface area contributed by atoms with E-state index in [2.05, 4.69) is 4.90 Å². The van der Waals surface area contributed by atoms with Gasteiger partial charge in [-0.05, 0) is 32.1 Å². The number of carbonyl (C=O) groups is 2. The van der Waals surface area contributed by atoms with Crippen LogP contribution in [-0.4, -0.2) is 53.6 Å². The second-order valence-electron chi connectivity index (χ2n) is 6.88. The Balaban J connectivity index is 1.51. The van der Waals surface area contributed by atoms with Gasteiger partial charge in [-0.25, -0.2) is 4.79 Å². The molecule has 2 saturated carbocycles. The number of hydrogen-bond donors (Lipinski definition) is 0. The smallest absolute Gasteiger partial charge is 0.409 e. The summed E-state index contributed by atoms with van der Waals surface area (Å²) in [5.41, 5.74) is 0. The maximum Gasteiger partial charge on any atom is 0.409 e. The molecule has 0 spiro atoms. The van der Waals surface area contributed by atoms with Crippen molar-refractivity contribution < 1.29 is 14.3 Å². The van der Waals surface area contributed by atoms with E-state index in [-0.39, 0.29) is 6.09 Å². The summed E-state index contributed by atoms with van der Waals surface area (Å²) in [6.45, 7) is 1.80. The first kappa shape index (κ1) is 15.6. The first-order chi connectivity index (χ1) is 10.8. The maximum atomic E-state index is 12.8. The molecule has 0 N–H and O–H groups in total. The molecule has 3 fully saturated rings. The summed E-state index contributed by atoms with van der Waals surface area (Å²) in [5, 5.41) is 0. The fourth-order valence-corrected chi connectivity index (χ4v) is 4.25. The van der Waals surface area contributed by atoms with E-state index in [4.69, 9.17) is 4.74 Å². The van der Waals surface area contributed by atoms with Gasteiger partial charge in [0.15, 0.2) is 0 Å². The van der Waals surface area contributed by atoms with Gasteiger partial charge in [0.05, 0.1) is 6.54 Å². The van der Waals surface area contributed by atoms with E-state index in [1.807, 2.05) is 0 Å². The highest BCUT2D eigenvalue weighted by molar-refractivity contribution is 5.77. The number of ether oxygens (including phenoxy) is 1. The highest BCUT2D eigenvalue weighted by Gasteiger charge is 2.33. The Morgan fingerprint density at radius 3 is 2.18 bits per heavy atom. The van der Waals surface area contributed by atoms with Crippen molar-refractivity contribution in [2.75, 3.05) is 19.7 Å². The van der Waals surface area contributed by atoms with Crippen molar-refractivity contribution >= 4 is 12.0 Å². The van der Waals surface area contributed by atoms with Crippen LogP contribution in [0.3, 0.4) is 0 Å². The van der Waals surface area contributed by atoms with Gasteiger partial charge in [-0.15, -0.1) is 0 Å². The largest absolute Gasteiger partial charge is 0.448 e. The van der Waals surface area contributed by atoms with E-state index in [0.717, 1.165) is 6.42 Å². The molecule has 5 heteroatoms. The number of rotatable bonds is 6. The molecule has 0 radical (unpaired) electrons. The molecular weight excluding hydrogens is 280 g/mol. The molecule has 3 rings (SSSR count). The normalized spacial score (nSPS) is 23.3. The topological polar surface area (TPSA) is 49.9 Å². The van der Waals surface area contributed by atoms with Crippen LogP contribution in [0.25, 0.3) is 0 Å². The number of amides is 2. The Labute approximate surface area is 133 Å². The fraction of sp³-hybridized carbons (Fsp3) is 0.882. The number of cyclic esters (lactones) is 1. The average Bonchev–Trinajstić information content (AvgIpc) is 3.23. The van der Waals surface area contributed by atoms with Gasteiger partial charge in [-0.1, -0.05) is 25.7 Å². The molecule has 22 heavy (non-hydrogen) atoms. The van der Waals surface area contributed by atoms with E-state index in [0.29, 0.717) is 44.1 Å². The summed E-state index contributed by atoms with van der Waals surface area (Å²) < 4.78 is 4.92. The van der Waals surface area contributed by atoms with E-state index in [1.54, 1.807) is 4.90 Å². The van der Waals surface area contributed by atoms with Gasteiger partial charge in [-0.3, -0.25) is 4.79 Å². The predicted molar refractivity (Wildman–Crippen MR) is 83.5 cm³/mol. The molecule has 0 bridgehead atoms. The Morgan fingerprint density at radius 2 is 1.68 bits per heavy atom. The van der Waals surface area contributed by atoms with Crippen molar-refractivity contribution in [1.29, 1.82) is 0 Å². The highest BCUT2D eigenvalue weighted by Crippen LogP contribution is 2.32. The zero-order chi connectivity index (χ0) is 15.4. The third-order valence-corrected chi connectivity index (χ3v) is 5.39. The minimum absolute atomic E-state index is 0.226. The molecule has 0 atom stereocenters. The van der Waals surface area contributed by atoms with Crippen molar-refractivity contribution in [2.24, 2.45) is 0 Å². The van der Waals surface area contributed by atoms with Gasteiger partial charge in [-0.2, -0.15) is 0 Å². The van der Waals surface area contributed by atoms with Gasteiger partial charge >= 0.3 is 6.09 Å². The van der Waals surface area contributed by atoms with Gasteiger partial charge in [0, 0.05) is 25.0 Å². The lowest BCUT2D eigenvalue weighted by Gasteiger charge is -2.35. The average molecular weight is 308 g/mol. The zero-order valence-corrected chi connectivity index (χ0v) is 13.5. The quantitative estimate of drug-likeness (QED) is 0.758. The second-order valence-corrected chi connectivity index (χ2v) is 6.88. The first-order valence-electron chi connectivity index (χ1n) is 8.98. The lowest BCUT2D eigenvalue weighted by Crippen LogP contribution is -2.45. The third-order valence-electron chi connectivity index (χ3n) is 5.39. The van der Waals surface area contributed by atoms with Crippen LogP contribution in [0.4, 0.5) is 4.79 Å². The van der Waals surface area contributed by atoms with Gasteiger partial charge in [0.25, 0.3) is 0 Å². The second kappa shape index (κ2) is 7.34. The molecule has 0 aromatic rings. The molecule has 1 aliphatic heterocycles. The minimum atomic E-state index is -0.226. The van der Waals surface area contributed by atoms with Crippen molar-refractivity contribution in [1.82, 2.24) is 9.80 Å². The highest BCUT2D eigenvalue weighted by atomic mass is 16.6. The zero-order valence-electron chi connectivity index (χ0n) is 13.5. The van der Waals surface area contributed by atoms with Gasteiger partial charge in [0.1, 0.15) is 6.61 Å². The van der Waals surface area contributed by atoms with Gasteiger partial charge < -0.3 is 14.5 Å². The minimum Gasteiger partial charge on any atom is -0.448 e. The first-order valence-corrected chi connectivity index (χ1v) is 8.98. The monoisotopic (exact) mass is 308 g/mol. The predicted octanol–water partition coefficient (Wildman–Crippen LogP) is 2.93. The van der Waals surface area contributed by atoms with Crippen LogP contribution in [0, 0.1) is 0 Å². The third kappa shape index (κ3) is 3.55. The molecule has 5 nitrogen and oxygen atoms in total. The molecular formula is C17H28N2O3. The summed E-state index contributed by atoms with van der Waals surface area (Å²) in [4.78, 5) is 28.1. The summed E-state index contributed by atoms with van der Waals surface area (Å²) in [7, 11) is 0. The molecule has 0 aromatic heterocycles. The van der Waals surface area contributed by atoms with Crippen LogP contribution in [0.15, 0.2) is 0 Å². The summed E-state index contributed by atoms with van der Waals surface area (Å²) >= 11 is 0. The molecule has 1 heterocycles. The standard InChI is InChI=1S/C17H28N2O3/c20-16(10-5-11-18-12-13-22-17(18)21)19(14-6-1-2-7-14)15-8-3-4-9-15/h14-15H,1-13H2. The summed E-state index contributed by atoms with van der Waals surface area (Å²) in [6, 6.07) is 0.958. The van der Waals surface area contributed by atoms with Crippen LogP contribution in [0.1, 0.15) is 64.2 Å². The van der Waals surface area contributed by atoms with Crippen molar-refractivity contribution in [3.63, 3.8) is 0 Å². The number of carbonyl (C=O) groups excluding carboxylic acids is 2. The Kier molecular flexibility index (Phi) is 5.21. The Bertz CT molecular complexity index is 385. The molecule has 0 aromatic carbocycles. The van der Waals surface area contributed by atoms with Crippen LogP contribution in [0.5, 0.6) is 0 Å². The molecule has 1 saturated heterocycles. The van der Waals surface area contributed by atoms with Crippen LogP contribution >= 0.6 is 0 Å². The van der Waals surface area contributed by atoms with Crippen LogP contribution in [0.2, 0.25) is 0 Å². The Morgan fingerprint density at radius 1 is 1.09 bits per heavy atom. The van der Waals surface area contributed by atoms with Crippen molar-refractivity contribution in [2.45, 2.75) is 76.3 Å². The molecule has 124 valence electrons. The fourth-order valence-electron chi connectivity index (χ4n) is 4.25. The number of nitrogens with zero attached hydrogens (tertiary/aromatic N) is 2. The van der Waals surface area contributed by atoms with Crippen LogP contribution < -0.4 is 0 Å². The van der Waals surface area contributed by atoms with E-state index in [1.165, 1.54) is 51.4 Å². The van der Waals surface area contributed by atoms with Crippen LogP contribution in [-0.2, 0) is 9.53 Å². The molecule has 3 aliphatic rings.